The van der Waals surface area contributed by atoms with Crippen molar-refractivity contribution in [1.29, 1.82) is 0 Å². The number of carbonyl (C=O) groups is 1. The SMILES string of the molecule is O=C(NCCn1ccc(-c2ccncc2)n1)Nc1cccc(Cl)c1. The predicted molar refractivity (Wildman–Crippen MR) is 93.9 cm³/mol. The fourth-order valence-electron chi connectivity index (χ4n) is 2.19. The normalized spacial score (nSPS) is 10.4. The van der Waals surface area contributed by atoms with E-state index in [1.54, 1.807) is 41.3 Å². The second-order valence-corrected chi connectivity index (χ2v) is 5.53. The first kappa shape index (κ1) is 16.0. The van der Waals surface area contributed by atoms with Gasteiger partial charge in [-0.05, 0) is 36.4 Å². The van der Waals surface area contributed by atoms with E-state index in [1.165, 1.54) is 0 Å². The number of pyridine rings is 1. The van der Waals surface area contributed by atoms with Crippen LogP contribution in [0.5, 0.6) is 0 Å². The molecule has 0 aliphatic rings. The van der Waals surface area contributed by atoms with Crippen molar-refractivity contribution < 1.29 is 4.79 Å². The van der Waals surface area contributed by atoms with Crippen molar-refractivity contribution >= 4 is 23.3 Å². The Morgan fingerprint density at radius 3 is 2.79 bits per heavy atom. The van der Waals surface area contributed by atoms with E-state index in [2.05, 4.69) is 20.7 Å². The lowest BCUT2D eigenvalue weighted by molar-refractivity contribution is 0.251. The monoisotopic (exact) mass is 341 g/mol. The molecule has 7 heteroatoms. The molecule has 0 saturated heterocycles. The van der Waals surface area contributed by atoms with Crippen LogP contribution in [0.4, 0.5) is 10.5 Å². The van der Waals surface area contributed by atoms with Crippen LogP contribution in [-0.2, 0) is 6.54 Å². The minimum Gasteiger partial charge on any atom is -0.336 e. The maximum absolute atomic E-state index is 11.8. The Balaban J connectivity index is 1.48. The van der Waals surface area contributed by atoms with Crippen LogP contribution in [-0.4, -0.2) is 27.3 Å². The number of rotatable bonds is 5. The molecule has 2 N–H and O–H groups in total. The van der Waals surface area contributed by atoms with E-state index in [0.717, 1.165) is 11.3 Å². The summed E-state index contributed by atoms with van der Waals surface area (Å²) in [5.74, 6) is 0. The first-order valence-electron chi connectivity index (χ1n) is 7.45. The van der Waals surface area contributed by atoms with Gasteiger partial charge in [-0.25, -0.2) is 4.79 Å². The highest BCUT2D eigenvalue weighted by molar-refractivity contribution is 6.30. The molecule has 1 aromatic carbocycles. The van der Waals surface area contributed by atoms with Gasteiger partial charge < -0.3 is 10.6 Å². The Hall–Kier alpha value is -2.86. The zero-order valence-electron chi connectivity index (χ0n) is 12.8. The largest absolute Gasteiger partial charge is 0.336 e. The minimum absolute atomic E-state index is 0.279. The molecule has 3 rings (SSSR count). The Bertz CT molecular complexity index is 819. The van der Waals surface area contributed by atoms with Gasteiger partial charge >= 0.3 is 6.03 Å². The molecule has 0 aliphatic carbocycles. The molecule has 0 radical (unpaired) electrons. The summed E-state index contributed by atoms with van der Waals surface area (Å²) in [6, 6.07) is 12.5. The van der Waals surface area contributed by atoms with Gasteiger partial charge in [-0.15, -0.1) is 0 Å². The molecule has 0 unspecified atom stereocenters. The highest BCUT2D eigenvalue weighted by Gasteiger charge is 2.04. The summed E-state index contributed by atoms with van der Waals surface area (Å²) in [6.07, 6.45) is 5.35. The highest BCUT2D eigenvalue weighted by atomic mass is 35.5. The van der Waals surface area contributed by atoms with Crippen LogP contribution >= 0.6 is 11.6 Å². The molecule has 3 aromatic rings. The van der Waals surface area contributed by atoms with Crippen molar-refractivity contribution in [3.05, 3.63) is 66.1 Å². The van der Waals surface area contributed by atoms with E-state index >= 15 is 0 Å². The number of hydrogen-bond acceptors (Lipinski definition) is 3. The Morgan fingerprint density at radius 1 is 1.17 bits per heavy atom. The van der Waals surface area contributed by atoms with Crippen molar-refractivity contribution in [3.63, 3.8) is 0 Å². The smallest absolute Gasteiger partial charge is 0.319 e. The molecular weight excluding hydrogens is 326 g/mol. The lowest BCUT2D eigenvalue weighted by Crippen LogP contribution is -2.31. The molecule has 0 fully saturated rings. The minimum atomic E-state index is -0.279. The molecule has 0 spiro atoms. The molecule has 2 heterocycles. The third kappa shape index (κ3) is 4.33. The van der Waals surface area contributed by atoms with Crippen LogP contribution in [0.25, 0.3) is 11.3 Å². The van der Waals surface area contributed by atoms with Gasteiger partial charge in [0.1, 0.15) is 0 Å². The van der Waals surface area contributed by atoms with Gasteiger partial charge in [-0.1, -0.05) is 17.7 Å². The number of anilines is 1. The lowest BCUT2D eigenvalue weighted by Gasteiger charge is -2.08. The fraction of sp³-hybridized carbons (Fsp3) is 0.118. The van der Waals surface area contributed by atoms with Gasteiger partial charge in [0.25, 0.3) is 0 Å². The molecule has 2 amide bonds. The first-order chi connectivity index (χ1) is 11.7. The number of halogens is 1. The Labute approximate surface area is 144 Å². The maximum Gasteiger partial charge on any atom is 0.319 e. The zero-order valence-corrected chi connectivity index (χ0v) is 13.6. The predicted octanol–water partition coefficient (Wildman–Crippen LogP) is 3.42. The second-order valence-electron chi connectivity index (χ2n) is 5.09. The molecule has 0 atom stereocenters. The molecule has 0 bridgehead atoms. The first-order valence-corrected chi connectivity index (χ1v) is 7.83. The summed E-state index contributed by atoms with van der Waals surface area (Å²) in [7, 11) is 0. The third-order valence-corrected chi connectivity index (χ3v) is 3.56. The average molecular weight is 342 g/mol. The van der Waals surface area contributed by atoms with E-state index in [9.17, 15) is 4.79 Å². The van der Waals surface area contributed by atoms with E-state index < -0.39 is 0 Å². The molecular formula is C17H16ClN5O. The number of aromatic nitrogens is 3. The van der Waals surface area contributed by atoms with Crippen LogP contribution in [0, 0.1) is 0 Å². The van der Waals surface area contributed by atoms with Crippen LogP contribution in [0.1, 0.15) is 0 Å². The fourth-order valence-corrected chi connectivity index (χ4v) is 2.38. The number of benzene rings is 1. The number of nitrogens with one attached hydrogen (secondary N) is 2. The molecule has 24 heavy (non-hydrogen) atoms. The van der Waals surface area contributed by atoms with Crippen LogP contribution in [0.2, 0.25) is 5.02 Å². The number of hydrogen-bond donors (Lipinski definition) is 2. The van der Waals surface area contributed by atoms with Gasteiger partial charge in [-0.2, -0.15) is 5.10 Å². The molecule has 0 saturated carbocycles. The average Bonchev–Trinajstić information content (AvgIpc) is 3.04. The van der Waals surface area contributed by atoms with E-state index in [-0.39, 0.29) is 6.03 Å². The quantitative estimate of drug-likeness (QED) is 0.747. The Kier molecular flexibility index (Phi) is 5.08. The number of amides is 2. The van der Waals surface area contributed by atoms with E-state index in [4.69, 9.17) is 11.6 Å². The summed E-state index contributed by atoms with van der Waals surface area (Å²) in [5.41, 5.74) is 2.54. The van der Waals surface area contributed by atoms with E-state index in [0.29, 0.717) is 23.8 Å². The summed E-state index contributed by atoms with van der Waals surface area (Å²) in [5, 5.41) is 10.6. The van der Waals surface area contributed by atoms with Crippen molar-refractivity contribution in [2.24, 2.45) is 0 Å². The summed E-state index contributed by atoms with van der Waals surface area (Å²) in [4.78, 5) is 15.8. The van der Waals surface area contributed by atoms with Crippen molar-refractivity contribution in [3.8, 4) is 11.3 Å². The van der Waals surface area contributed by atoms with Gasteiger partial charge in [0.05, 0.1) is 12.2 Å². The summed E-state index contributed by atoms with van der Waals surface area (Å²) < 4.78 is 1.79. The van der Waals surface area contributed by atoms with E-state index in [1.807, 2.05) is 24.4 Å². The van der Waals surface area contributed by atoms with Crippen LogP contribution < -0.4 is 10.6 Å². The molecule has 2 aromatic heterocycles. The van der Waals surface area contributed by atoms with Crippen molar-refractivity contribution in [2.75, 3.05) is 11.9 Å². The van der Waals surface area contributed by atoms with Crippen molar-refractivity contribution in [2.45, 2.75) is 6.54 Å². The van der Waals surface area contributed by atoms with Gasteiger partial charge in [0.2, 0.25) is 0 Å². The second kappa shape index (κ2) is 7.61. The number of urea groups is 1. The van der Waals surface area contributed by atoms with Gasteiger partial charge in [-0.3, -0.25) is 9.67 Å². The van der Waals surface area contributed by atoms with Gasteiger partial charge in [0.15, 0.2) is 0 Å². The number of carbonyl (C=O) groups excluding carboxylic acids is 1. The zero-order chi connectivity index (χ0) is 16.8. The standard InChI is InChI=1S/C17H16ClN5O/c18-14-2-1-3-15(12-14)21-17(24)20-9-11-23-10-6-16(22-23)13-4-7-19-8-5-13/h1-8,10,12H,9,11H2,(H2,20,21,24). The molecule has 122 valence electrons. The highest BCUT2D eigenvalue weighted by Crippen LogP contribution is 2.15. The summed E-state index contributed by atoms with van der Waals surface area (Å²) in [6.45, 7) is 1.04. The maximum atomic E-state index is 11.8. The van der Waals surface area contributed by atoms with Crippen LogP contribution in [0.15, 0.2) is 61.1 Å². The Morgan fingerprint density at radius 2 is 2.00 bits per heavy atom. The summed E-state index contributed by atoms with van der Waals surface area (Å²) >= 11 is 5.88. The van der Waals surface area contributed by atoms with Crippen molar-refractivity contribution in [1.82, 2.24) is 20.1 Å². The molecule has 0 aliphatic heterocycles. The number of nitrogens with zero attached hydrogens (tertiary/aromatic N) is 3. The third-order valence-electron chi connectivity index (χ3n) is 3.33. The topological polar surface area (TPSA) is 71.8 Å². The lowest BCUT2D eigenvalue weighted by atomic mass is 10.2. The van der Waals surface area contributed by atoms with Gasteiger partial charge in [0, 0.05) is 41.4 Å². The molecule has 6 nitrogen and oxygen atoms in total. The van der Waals surface area contributed by atoms with Crippen LogP contribution in [0.3, 0.4) is 0 Å².